The highest BCUT2D eigenvalue weighted by Gasteiger charge is 2.45. The SMILES string of the molecule is C[Si](C)(NC[C@H]1O[C@@H](n2cnc3c(=O)[nH]c(N)nc32)[C@@H](O)[C@@H]1O)N[C@H]1C[C@H](n2cnc3c(=O)[nH]c(N)nc32)O[C@@H]1CO. The van der Waals surface area contributed by atoms with Crippen LogP contribution in [0.1, 0.15) is 18.9 Å². The van der Waals surface area contributed by atoms with Crippen LogP contribution in [-0.4, -0.2) is 106 Å². The molecule has 0 bridgehead atoms. The van der Waals surface area contributed by atoms with Crippen molar-refractivity contribution in [2.75, 3.05) is 24.6 Å². The average molecular weight is 605 g/mol. The monoisotopic (exact) mass is 604 g/mol. The zero-order valence-corrected chi connectivity index (χ0v) is 23.6. The predicted octanol–water partition coefficient (Wildman–Crippen LogP) is -3.43. The van der Waals surface area contributed by atoms with E-state index in [-0.39, 0.29) is 53.4 Å². The van der Waals surface area contributed by atoms with Crippen molar-refractivity contribution in [1.82, 2.24) is 49.0 Å². The molecule has 0 saturated carbocycles. The van der Waals surface area contributed by atoms with Crippen molar-refractivity contribution >= 4 is 42.6 Å². The molecule has 19 nitrogen and oxygen atoms in total. The number of nitrogen functional groups attached to an aromatic ring is 2. The van der Waals surface area contributed by atoms with Gasteiger partial charge >= 0.3 is 0 Å². The van der Waals surface area contributed by atoms with Gasteiger partial charge in [0.25, 0.3) is 11.1 Å². The van der Waals surface area contributed by atoms with Gasteiger partial charge in [-0.25, -0.2) is 9.97 Å². The molecule has 20 heteroatoms. The van der Waals surface area contributed by atoms with Crippen molar-refractivity contribution in [1.29, 1.82) is 0 Å². The topological polar surface area (TPSA) is 282 Å². The van der Waals surface area contributed by atoms with Gasteiger partial charge in [0.05, 0.1) is 25.4 Å². The number of ether oxygens (including phenoxy) is 2. The van der Waals surface area contributed by atoms with E-state index < -0.39 is 56.4 Å². The molecule has 42 heavy (non-hydrogen) atoms. The van der Waals surface area contributed by atoms with Crippen molar-refractivity contribution in [3.63, 3.8) is 0 Å². The second kappa shape index (κ2) is 10.5. The lowest BCUT2D eigenvalue weighted by Gasteiger charge is -2.31. The second-order valence-electron chi connectivity index (χ2n) is 10.9. The third-order valence-corrected chi connectivity index (χ3v) is 9.71. The Hall–Kier alpha value is -3.76. The first-order valence-corrected chi connectivity index (χ1v) is 16.2. The summed E-state index contributed by atoms with van der Waals surface area (Å²) >= 11 is 0. The molecule has 6 rings (SSSR count). The highest BCUT2D eigenvalue weighted by Crippen LogP contribution is 2.32. The van der Waals surface area contributed by atoms with Gasteiger partial charge in [0.2, 0.25) is 11.9 Å². The number of fused-ring (bicyclic) bond motifs is 2. The van der Waals surface area contributed by atoms with Crippen LogP contribution in [0.3, 0.4) is 0 Å². The Morgan fingerprint density at radius 2 is 1.57 bits per heavy atom. The number of aliphatic hydroxyl groups excluding tert-OH is 3. The molecule has 7 atom stereocenters. The predicted molar refractivity (Wildman–Crippen MR) is 149 cm³/mol. The Labute approximate surface area is 237 Å². The van der Waals surface area contributed by atoms with Crippen molar-refractivity contribution in [3.8, 4) is 0 Å². The Balaban J connectivity index is 1.13. The highest BCUT2D eigenvalue weighted by molar-refractivity contribution is 6.72. The fourth-order valence-electron chi connectivity index (χ4n) is 5.50. The summed E-state index contributed by atoms with van der Waals surface area (Å²) in [6, 6.07) is -0.273. The number of H-pyrrole nitrogens is 2. The molecule has 0 aliphatic carbocycles. The molecule has 2 fully saturated rings. The molecule has 0 spiro atoms. The summed E-state index contributed by atoms with van der Waals surface area (Å²) in [5.74, 6) is -0.161. The van der Waals surface area contributed by atoms with Crippen LogP contribution in [-0.2, 0) is 9.47 Å². The molecule has 0 unspecified atom stereocenters. The lowest BCUT2D eigenvalue weighted by atomic mass is 10.1. The molecule has 11 N–H and O–H groups in total. The van der Waals surface area contributed by atoms with Crippen LogP contribution in [0.2, 0.25) is 13.1 Å². The number of anilines is 2. The van der Waals surface area contributed by atoms with Gasteiger partial charge in [0.15, 0.2) is 37.0 Å². The van der Waals surface area contributed by atoms with Crippen LogP contribution < -0.4 is 32.6 Å². The summed E-state index contributed by atoms with van der Waals surface area (Å²) in [6.07, 6.45) is -2.33. The van der Waals surface area contributed by atoms with E-state index in [9.17, 15) is 24.9 Å². The molecule has 4 aromatic heterocycles. The fourth-order valence-corrected chi connectivity index (χ4v) is 7.55. The molecule has 0 radical (unpaired) electrons. The van der Waals surface area contributed by atoms with Gasteiger partial charge in [-0.1, -0.05) is 0 Å². The van der Waals surface area contributed by atoms with E-state index >= 15 is 0 Å². The van der Waals surface area contributed by atoms with Gasteiger partial charge in [-0.2, -0.15) is 9.97 Å². The molecule has 4 aromatic rings. The summed E-state index contributed by atoms with van der Waals surface area (Å²) in [5.41, 5.74) is 11.0. The summed E-state index contributed by atoms with van der Waals surface area (Å²) in [4.78, 5) is 52.6. The normalized spacial score (nSPS) is 28.4. The maximum absolute atomic E-state index is 12.2. The highest BCUT2D eigenvalue weighted by atomic mass is 28.3. The third kappa shape index (κ3) is 4.96. The maximum atomic E-state index is 12.2. The first-order valence-electron chi connectivity index (χ1n) is 13.2. The molecule has 0 aromatic carbocycles. The number of hydrogen-bond donors (Lipinski definition) is 9. The van der Waals surface area contributed by atoms with Crippen LogP contribution in [0.5, 0.6) is 0 Å². The summed E-state index contributed by atoms with van der Waals surface area (Å²) < 4.78 is 15.1. The quantitative estimate of drug-likeness (QED) is 0.0885. The minimum absolute atomic E-state index is 0.0269. The number of aromatic nitrogens is 8. The zero-order chi connectivity index (χ0) is 29.9. The van der Waals surface area contributed by atoms with Gasteiger partial charge in [-0.05, 0) is 13.1 Å². The van der Waals surface area contributed by atoms with Gasteiger partial charge in [-0.15, -0.1) is 0 Å². The fraction of sp³-hybridized carbons (Fsp3) is 0.545. The van der Waals surface area contributed by atoms with E-state index in [1.54, 1.807) is 4.57 Å². The molecule has 2 saturated heterocycles. The number of aliphatic hydroxyl groups is 3. The van der Waals surface area contributed by atoms with Crippen LogP contribution >= 0.6 is 0 Å². The third-order valence-electron chi connectivity index (χ3n) is 7.53. The first kappa shape index (κ1) is 28.4. The maximum Gasteiger partial charge on any atom is 0.280 e. The molecule has 2 aliphatic heterocycles. The Morgan fingerprint density at radius 3 is 2.19 bits per heavy atom. The summed E-state index contributed by atoms with van der Waals surface area (Å²) in [5, 5.41) is 31.6. The molecular weight excluding hydrogens is 572 g/mol. The largest absolute Gasteiger partial charge is 0.394 e. The number of nitrogens with zero attached hydrogens (tertiary/aromatic N) is 6. The number of imidazole rings is 2. The molecule has 6 heterocycles. The van der Waals surface area contributed by atoms with E-state index in [4.69, 9.17) is 20.9 Å². The van der Waals surface area contributed by atoms with Crippen LogP contribution in [0.4, 0.5) is 11.9 Å². The number of hydrogen-bond acceptors (Lipinski definition) is 15. The van der Waals surface area contributed by atoms with Crippen LogP contribution in [0, 0.1) is 0 Å². The summed E-state index contributed by atoms with van der Waals surface area (Å²) in [6.45, 7) is 3.93. The number of aromatic amines is 2. The van der Waals surface area contributed by atoms with Gasteiger partial charge < -0.3 is 46.2 Å². The van der Waals surface area contributed by atoms with Crippen molar-refractivity contribution in [2.24, 2.45) is 0 Å². The standard InChI is InChI=1S/C22H32N12O7Si/c1-42(2,32-8-3-11(40-10(8)5-35)33-6-25-12-16(33)28-21(23)30-18(12)38)27-4-9-14(36)15(37)20(41-9)34-7-26-13-17(34)29-22(24)31-19(13)39/h6-11,14-15,20,27,32,35-37H,3-5H2,1-2H3,(H3,23,28,30,38)(H3,24,29,31,39)/t8-,9+,10+,11+,14+,15-,20+/m0/s1. The minimum Gasteiger partial charge on any atom is -0.394 e. The molecular formula is C22H32N12O7Si. The lowest BCUT2D eigenvalue weighted by Crippen LogP contribution is -2.64. The Kier molecular flexibility index (Phi) is 7.09. The van der Waals surface area contributed by atoms with E-state index in [1.165, 1.54) is 17.2 Å². The van der Waals surface area contributed by atoms with E-state index in [0.29, 0.717) is 6.42 Å². The molecule has 0 amide bonds. The zero-order valence-electron chi connectivity index (χ0n) is 22.6. The number of nitrogens with one attached hydrogen (secondary N) is 4. The summed E-state index contributed by atoms with van der Waals surface area (Å²) in [7, 11) is -2.45. The Bertz CT molecular complexity index is 1740. The number of rotatable bonds is 8. The first-order chi connectivity index (χ1) is 20.0. The molecule has 2 aliphatic rings. The van der Waals surface area contributed by atoms with E-state index in [1.807, 2.05) is 13.1 Å². The van der Waals surface area contributed by atoms with Gasteiger partial charge in [0, 0.05) is 19.0 Å². The van der Waals surface area contributed by atoms with E-state index in [0.717, 1.165) is 0 Å². The lowest BCUT2D eigenvalue weighted by molar-refractivity contribution is -0.0332. The van der Waals surface area contributed by atoms with Crippen LogP contribution in [0.25, 0.3) is 22.3 Å². The van der Waals surface area contributed by atoms with E-state index in [2.05, 4.69) is 39.9 Å². The van der Waals surface area contributed by atoms with Gasteiger partial charge in [0.1, 0.15) is 24.5 Å². The minimum atomic E-state index is -2.45. The van der Waals surface area contributed by atoms with Crippen molar-refractivity contribution in [3.05, 3.63) is 33.4 Å². The average Bonchev–Trinajstić information content (AvgIpc) is 3.69. The van der Waals surface area contributed by atoms with Gasteiger partial charge in [-0.3, -0.25) is 28.7 Å². The number of nitrogens with two attached hydrogens (primary N) is 2. The van der Waals surface area contributed by atoms with Crippen LogP contribution in [0.15, 0.2) is 22.2 Å². The Morgan fingerprint density at radius 1 is 0.976 bits per heavy atom. The smallest absolute Gasteiger partial charge is 0.280 e. The second-order valence-corrected chi connectivity index (χ2v) is 14.8. The molecule has 226 valence electrons. The van der Waals surface area contributed by atoms with Crippen molar-refractivity contribution < 1.29 is 24.8 Å². The van der Waals surface area contributed by atoms with Crippen molar-refractivity contribution in [2.45, 2.75) is 62.4 Å².